The first-order valence-corrected chi connectivity index (χ1v) is 5.71. The van der Waals surface area contributed by atoms with Crippen molar-refractivity contribution >= 4 is 5.97 Å². The summed E-state index contributed by atoms with van der Waals surface area (Å²) < 4.78 is 4.90. The standard InChI is InChI=1S/C12H22O4/c1-8(13)16-6-5-9-7-12(4,15)10(14)11(9,2)3/h9-10,14-15H,5-7H2,1-4H3/t9-,10+,12-/m0/s1. The molecule has 0 spiro atoms. The van der Waals surface area contributed by atoms with Gasteiger partial charge in [0, 0.05) is 6.92 Å². The maximum absolute atomic E-state index is 10.6. The topological polar surface area (TPSA) is 66.8 Å². The van der Waals surface area contributed by atoms with E-state index < -0.39 is 11.7 Å². The largest absolute Gasteiger partial charge is 0.466 e. The molecule has 4 heteroatoms. The smallest absolute Gasteiger partial charge is 0.302 e. The Kier molecular flexibility index (Phi) is 3.65. The summed E-state index contributed by atoms with van der Waals surface area (Å²) in [4.78, 5) is 10.6. The monoisotopic (exact) mass is 230 g/mol. The minimum absolute atomic E-state index is 0.164. The molecular weight excluding hydrogens is 208 g/mol. The summed E-state index contributed by atoms with van der Waals surface area (Å²) in [5, 5.41) is 20.0. The molecule has 1 rings (SSSR count). The summed E-state index contributed by atoms with van der Waals surface area (Å²) in [7, 11) is 0. The highest BCUT2D eigenvalue weighted by molar-refractivity contribution is 5.65. The van der Waals surface area contributed by atoms with Gasteiger partial charge >= 0.3 is 5.97 Å². The van der Waals surface area contributed by atoms with Crippen LogP contribution in [0.25, 0.3) is 0 Å². The van der Waals surface area contributed by atoms with Crippen LogP contribution in [0.5, 0.6) is 0 Å². The number of rotatable bonds is 3. The third kappa shape index (κ3) is 2.55. The van der Waals surface area contributed by atoms with Gasteiger partial charge in [0.05, 0.1) is 18.3 Å². The van der Waals surface area contributed by atoms with Crippen LogP contribution in [-0.4, -0.2) is 34.5 Å². The van der Waals surface area contributed by atoms with Crippen molar-refractivity contribution in [1.29, 1.82) is 0 Å². The van der Waals surface area contributed by atoms with E-state index in [4.69, 9.17) is 4.74 Å². The average molecular weight is 230 g/mol. The molecule has 0 aliphatic heterocycles. The number of hydrogen-bond donors (Lipinski definition) is 2. The molecule has 0 amide bonds. The quantitative estimate of drug-likeness (QED) is 0.712. The van der Waals surface area contributed by atoms with E-state index in [0.29, 0.717) is 19.4 Å². The molecular formula is C12H22O4. The maximum Gasteiger partial charge on any atom is 0.302 e. The van der Waals surface area contributed by atoms with Crippen LogP contribution in [0.2, 0.25) is 0 Å². The molecule has 1 saturated carbocycles. The fourth-order valence-corrected chi connectivity index (χ4v) is 2.72. The molecule has 1 aliphatic carbocycles. The van der Waals surface area contributed by atoms with Gasteiger partial charge in [0.1, 0.15) is 0 Å². The van der Waals surface area contributed by atoms with E-state index in [1.807, 2.05) is 13.8 Å². The van der Waals surface area contributed by atoms with E-state index in [0.717, 1.165) is 0 Å². The van der Waals surface area contributed by atoms with Gasteiger partial charge in [-0.25, -0.2) is 0 Å². The Morgan fingerprint density at radius 3 is 2.38 bits per heavy atom. The molecule has 94 valence electrons. The van der Waals surface area contributed by atoms with Crippen molar-refractivity contribution in [3.63, 3.8) is 0 Å². The summed E-state index contributed by atoms with van der Waals surface area (Å²) in [5.41, 5.74) is -1.38. The number of aliphatic hydroxyl groups is 2. The first-order chi connectivity index (χ1) is 7.18. The van der Waals surface area contributed by atoms with Gasteiger partial charge in [-0.2, -0.15) is 0 Å². The van der Waals surface area contributed by atoms with Crippen LogP contribution in [0.1, 0.15) is 40.5 Å². The van der Waals surface area contributed by atoms with Gasteiger partial charge in [-0.05, 0) is 31.1 Å². The molecule has 2 N–H and O–H groups in total. The Morgan fingerprint density at radius 1 is 1.44 bits per heavy atom. The molecule has 1 fully saturated rings. The van der Waals surface area contributed by atoms with E-state index in [2.05, 4.69) is 0 Å². The van der Waals surface area contributed by atoms with Crippen molar-refractivity contribution in [2.45, 2.75) is 52.2 Å². The predicted molar refractivity (Wildman–Crippen MR) is 59.8 cm³/mol. The van der Waals surface area contributed by atoms with Crippen LogP contribution in [0.15, 0.2) is 0 Å². The van der Waals surface area contributed by atoms with E-state index in [1.165, 1.54) is 6.92 Å². The molecule has 4 nitrogen and oxygen atoms in total. The molecule has 0 aromatic carbocycles. The fourth-order valence-electron chi connectivity index (χ4n) is 2.72. The minimum atomic E-state index is -1.04. The number of carbonyl (C=O) groups is 1. The highest BCUT2D eigenvalue weighted by atomic mass is 16.5. The summed E-state index contributed by atoms with van der Waals surface area (Å²) >= 11 is 0. The van der Waals surface area contributed by atoms with Crippen LogP contribution in [0.4, 0.5) is 0 Å². The second-order valence-corrected chi connectivity index (χ2v) is 5.61. The highest BCUT2D eigenvalue weighted by Gasteiger charge is 2.53. The second kappa shape index (κ2) is 4.34. The van der Waals surface area contributed by atoms with E-state index in [1.54, 1.807) is 6.92 Å². The third-order valence-electron chi connectivity index (χ3n) is 3.78. The Balaban J connectivity index is 2.58. The van der Waals surface area contributed by atoms with Gasteiger partial charge < -0.3 is 14.9 Å². The number of hydrogen-bond acceptors (Lipinski definition) is 4. The lowest BCUT2D eigenvalue weighted by atomic mass is 9.78. The van der Waals surface area contributed by atoms with E-state index in [-0.39, 0.29) is 17.3 Å². The normalized spacial score (nSPS) is 37.4. The zero-order valence-electron chi connectivity index (χ0n) is 10.5. The SMILES string of the molecule is CC(=O)OCC[C@H]1C[C@](C)(O)[C@H](O)C1(C)C. The second-order valence-electron chi connectivity index (χ2n) is 5.61. The van der Waals surface area contributed by atoms with Crippen molar-refractivity contribution in [1.82, 2.24) is 0 Å². The zero-order chi connectivity index (χ0) is 12.6. The van der Waals surface area contributed by atoms with Crippen LogP contribution in [0.3, 0.4) is 0 Å². The highest BCUT2D eigenvalue weighted by Crippen LogP contribution is 2.49. The van der Waals surface area contributed by atoms with Crippen LogP contribution >= 0.6 is 0 Å². The molecule has 0 aromatic rings. The lowest BCUT2D eigenvalue weighted by Gasteiger charge is -2.31. The molecule has 0 heterocycles. The molecule has 0 aromatic heterocycles. The molecule has 0 unspecified atom stereocenters. The molecule has 16 heavy (non-hydrogen) atoms. The molecule has 3 atom stereocenters. The van der Waals surface area contributed by atoms with Gasteiger partial charge in [-0.15, -0.1) is 0 Å². The lowest BCUT2D eigenvalue weighted by Crippen LogP contribution is -2.41. The molecule has 0 bridgehead atoms. The summed E-state index contributed by atoms with van der Waals surface area (Å²) in [6, 6.07) is 0. The maximum atomic E-state index is 10.6. The number of esters is 1. The van der Waals surface area contributed by atoms with E-state index in [9.17, 15) is 15.0 Å². The van der Waals surface area contributed by atoms with Gasteiger partial charge in [0.25, 0.3) is 0 Å². The summed E-state index contributed by atoms with van der Waals surface area (Å²) in [6.07, 6.45) is 0.490. The first-order valence-electron chi connectivity index (χ1n) is 5.71. The van der Waals surface area contributed by atoms with Crippen molar-refractivity contribution < 1.29 is 19.7 Å². The first kappa shape index (κ1) is 13.5. The van der Waals surface area contributed by atoms with Gasteiger partial charge in [0.2, 0.25) is 0 Å². The summed E-state index contributed by atoms with van der Waals surface area (Å²) in [5.74, 6) is -0.125. The van der Waals surface area contributed by atoms with Crippen molar-refractivity contribution in [3.8, 4) is 0 Å². The van der Waals surface area contributed by atoms with Crippen molar-refractivity contribution in [3.05, 3.63) is 0 Å². The Labute approximate surface area is 96.6 Å². The van der Waals surface area contributed by atoms with Gasteiger partial charge in [-0.3, -0.25) is 4.79 Å². The Hall–Kier alpha value is -0.610. The van der Waals surface area contributed by atoms with Crippen LogP contribution in [-0.2, 0) is 9.53 Å². The van der Waals surface area contributed by atoms with Crippen molar-refractivity contribution in [2.24, 2.45) is 11.3 Å². The number of aliphatic hydroxyl groups excluding tert-OH is 1. The minimum Gasteiger partial charge on any atom is -0.466 e. The Bertz CT molecular complexity index is 270. The van der Waals surface area contributed by atoms with E-state index >= 15 is 0 Å². The third-order valence-corrected chi connectivity index (χ3v) is 3.78. The molecule has 0 saturated heterocycles. The average Bonchev–Trinajstić information content (AvgIpc) is 2.27. The number of ether oxygens (including phenoxy) is 1. The van der Waals surface area contributed by atoms with Gasteiger partial charge in [-0.1, -0.05) is 13.8 Å². The van der Waals surface area contributed by atoms with Crippen molar-refractivity contribution in [2.75, 3.05) is 6.61 Å². The van der Waals surface area contributed by atoms with Crippen LogP contribution in [0, 0.1) is 11.3 Å². The Morgan fingerprint density at radius 2 is 2.00 bits per heavy atom. The molecule has 0 radical (unpaired) electrons. The fraction of sp³-hybridized carbons (Fsp3) is 0.917. The summed E-state index contributed by atoms with van der Waals surface area (Å²) in [6.45, 7) is 7.28. The lowest BCUT2D eigenvalue weighted by molar-refractivity contribution is -0.141. The zero-order valence-corrected chi connectivity index (χ0v) is 10.5. The van der Waals surface area contributed by atoms with Gasteiger partial charge in [0.15, 0.2) is 0 Å². The molecule has 1 aliphatic rings. The number of carbonyl (C=O) groups excluding carboxylic acids is 1. The predicted octanol–water partition coefficient (Wildman–Crippen LogP) is 1.10. The van der Waals surface area contributed by atoms with Crippen LogP contribution < -0.4 is 0 Å².